The average Bonchev–Trinajstić information content (AvgIpc) is 4.23. The zero-order valence-corrected chi connectivity index (χ0v) is 42.6. The van der Waals surface area contributed by atoms with Crippen molar-refractivity contribution in [1.29, 1.82) is 0 Å². The maximum absolute atomic E-state index is 14.5. The van der Waals surface area contributed by atoms with Gasteiger partial charge in [-0.15, -0.1) is 0 Å². The second-order valence-electron chi connectivity index (χ2n) is 22.2. The number of hydrogen-bond acceptors (Lipinski definition) is 10. The number of aromatic nitrogens is 2. The number of aliphatic hydroxyl groups excluding tert-OH is 1. The number of halogens is 1. The second-order valence-corrected chi connectivity index (χ2v) is 22.6. The van der Waals surface area contributed by atoms with Gasteiger partial charge in [-0.05, 0) is 137 Å². The number of likely N-dealkylation sites (tertiary alicyclic amines) is 3. The molecule has 15 heteroatoms. The van der Waals surface area contributed by atoms with Crippen LogP contribution >= 0.6 is 11.6 Å². The predicted molar refractivity (Wildman–Crippen MR) is 275 cm³/mol. The van der Waals surface area contributed by atoms with Crippen molar-refractivity contribution in [2.75, 3.05) is 83.4 Å². The number of nitrogens with one attached hydrogen (secondary N) is 2. The molecule has 14 nitrogen and oxygen atoms in total. The number of hydrogen-bond donors (Lipinski definition) is 3. The Morgan fingerprint density at radius 1 is 0.761 bits per heavy atom. The summed E-state index contributed by atoms with van der Waals surface area (Å²) in [4.78, 5) is 75.7. The number of piperazine rings is 1. The summed E-state index contributed by atoms with van der Waals surface area (Å²) in [5, 5.41) is 18.3. The van der Waals surface area contributed by atoms with Gasteiger partial charge in [0.05, 0.1) is 17.7 Å². The van der Waals surface area contributed by atoms with E-state index in [-0.39, 0.29) is 47.3 Å². The van der Waals surface area contributed by atoms with E-state index in [9.17, 15) is 24.3 Å². The Hall–Kier alpha value is -4.63. The van der Waals surface area contributed by atoms with Gasteiger partial charge >= 0.3 is 0 Å². The Morgan fingerprint density at radius 2 is 1.49 bits per heavy atom. The van der Waals surface area contributed by atoms with Crippen LogP contribution in [-0.2, 0) is 14.4 Å². The first-order valence-corrected chi connectivity index (χ1v) is 27.7. The molecule has 3 N–H and O–H groups in total. The van der Waals surface area contributed by atoms with Crippen LogP contribution in [0.15, 0.2) is 54.9 Å². The fourth-order valence-electron chi connectivity index (χ4n) is 12.9. The first-order chi connectivity index (χ1) is 34.6. The number of anilines is 1. The summed E-state index contributed by atoms with van der Waals surface area (Å²) in [5.41, 5.74) is 4.45. The fourth-order valence-corrected chi connectivity index (χ4v) is 13.0. The van der Waals surface area contributed by atoms with E-state index in [1.807, 2.05) is 57.2 Å². The maximum atomic E-state index is 14.5. The highest BCUT2D eigenvalue weighted by Gasteiger charge is 2.39. The second kappa shape index (κ2) is 22.6. The lowest BCUT2D eigenvalue weighted by Crippen LogP contribution is -2.54. The lowest BCUT2D eigenvalue weighted by atomic mass is 9.82. The smallest absolute Gasteiger partial charge is 0.251 e. The van der Waals surface area contributed by atoms with Crippen molar-refractivity contribution in [2.24, 2.45) is 17.8 Å². The molecular weight excluding hydrogens is 914 g/mol. The molecule has 7 aliphatic rings. The van der Waals surface area contributed by atoms with Crippen molar-refractivity contribution < 1.29 is 24.3 Å². The summed E-state index contributed by atoms with van der Waals surface area (Å²) in [5.74, 6) is 2.16. The quantitative estimate of drug-likeness (QED) is 0.156. The van der Waals surface area contributed by atoms with Crippen LogP contribution in [0.4, 0.5) is 5.82 Å². The summed E-state index contributed by atoms with van der Waals surface area (Å²) < 4.78 is 0. The molecule has 0 bridgehead atoms. The molecule has 1 unspecified atom stereocenters. The number of fused-ring (bicyclic) bond motifs is 1. The predicted octanol–water partition coefficient (Wildman–Crippen LogP) is 6.89. The van der Waals surface area contributed by atoms with Crippen molar-refractivity contribution >= 4 is 41.0 Å². The van der Waals surface area contributed by atoms with Crippen molar-refractivity contribution in [3.8, 4) is 0 Å². The Bertz CT molecular complexity index is 2340. The molecule has 10 rings (SSSR count). The van der Waals surface area contributed by atoms with Crippen molar-refractivity contribution in [1.82, 2.24) is 40.2 Å². The molecule has 2 saturated carbocycles. The van der Waals surface area contributed by atoms with Crippen LogP contribution in [0, 0.1) is 17.8 Å². The van der Waals surface area contributed by atoms with E-state index in [0.29, 0.717) is 74.1 Å². The molecule has 3 aliphatic carbocycles. The van der Waals surface area contributed by atoms with E-state index in [0.717, 1.165) is 145 Å². The van der Waals surface area contributed by atoms with Crippen LogP contribution in [0.5, 0.6) is 0 Å². The van der Waals surface area contributed by atoms with Gasteiger partial charge in [-0.3, -0.25) is 19.2 Å². The zero-order chi connectivity index (χ0) is 49.0. The monoisotopic (exact) mass is 990 g/mol. The van der Waals surface area contributed by atoms with E-state index < -0.39 is 12.1 Å². The Morgan fingerprint density at radius 3 is 2.23 bits per heavy atom. The van der Waals surface area contributed by atoms with Crippen LogP contribution in [0.3, 0.4) is 0 Å². The largest absolute Gasteiger partial charge is 0.387 e. The summed E-state index contributed by atoms with van der Waals surface area (Å²) in [6.07, 6.45) is 14.9. The van der Waals surface area contributed by atoms with E-state index in [4.69, 9.17) is 11.6 Å². The number of carbonyl (C=O) groups is 4. The van der Waals surface area contributed by atoms with Crippen molar-refractivity contribution in [2.45, 2.75) is 133 Å². The van der Waals surface area contributed by atoms with Crippen molar-refractivity contribution in [3.63, 3.8) is 0 Å². The third kappa shape index (κ3) is 11.8. The number of rotatable bonds is 14. The molecular formula is C56H76ClN9O5. The molecule has 2 aromatic carbocycles. The number of piperidine rings is 3. The molecule has 3 aromatic rings. The average molecular weight is 991 g/mol. The Balaban J connectivity index is 0.691. The standard InChI is InChI=1S/C56H76ClN9O5/c1-37-31-48(67)51-49(37)52(60-36-59-51)63-27-29-65(30-28-63)55(70)47(39-14-16-45(57)17-15-39)33-58-46-20-23-62(24-21-46)34-38-18-25-64(26-19-38)56(71)50(40-7-3-2-4-8-40)61-53(68)43-10-5-9-42(32-43)44-11-6-22-66(35-44)54(69)41-12-13-41/h5,9-10,14-17,32,36-38,40-41,44,46-48,50,58,67H,2-4,6-8,11-13,18-31,33-35H2,1H3,(H,61,68)/t37-,44?,47-,48-,50-/m1/s1. The lowest BCUT2D eigenvalue weighted by molar-refractivity contribution is -0.136. The molecule has 5 heterocycles. The number of carbonyl (C=O) groups excluding carboxylic acids is 4. The highest BCUT2D eigenvalue weighted by Crippen LogP contribution is 2.43. The van der Waals surface area contributed by atoms with Crippen LogP contribution in [0.1, 0.15) is 153 Å². The van der Waals surface area contributed by atoms with Gasteiger partial charge in [0.15, 0.2) is 0 Å². The van der Waals surface area contributed by atoms with Crippen LogP contribution in [-0.4, -0.2) is 149 Å². The molecule has 382 valence electrons. The molecule has 6 fully saturated rings. The fraction of sp³-hybridized carbons (Fsp3) is 0.643. The van der Waals surface area contributed by atoms with Gasteiger partial charge in [-0.2, -0.15) is 0 Å². The first-order valence-electron chi connectivity index (χ1n) is 27.3. The summed E-state index contributed by atoms with van der Waals surface area (Å²) in [6.45, 7) is 11.2. The number of benzene rings is 2. The normalized spacial score (nSPS) is 24.9. The summed E-state index contributed by atoms with van der Waals surface area (Å²) in [7, 11) is 0. The van der Waals surface area contributed by atoms with E-state index in [2.05, 4.69) is 43.4 Å². The molecule has 4 aliphatic heterocycles. The minimum Gasteiger partial charge on any atom is -0.387 e. The number of amides is 4. The van der Waals surface area contributed by atoms with E-state index in [1.165, 1.54) is 6.42 Å². The van der Waals surface area contributed by atoms with Crippen LogP contribution in [0.25, 0.3) is 0 Å². The first kappa shape index (κ1) is 49.9. The van der Waals surface area contributed by atoms with Gasteiger partial charge in [0, 0.05) is 99.5 Å². The number of nitrogens with zero attached hydrogens (tertiary/aromatic N) is 7. The third-order valence-electron chi connectivity index (χ3n) is 17.3. The molecule has 0 radical (unpaired) electrons. The summed E-state index contributed by atoms with van der Waals surface area (Å²) >= 11 is 6.31. The minimum absolute atomic E-state index is 0.0761. The Kier molecular flexibility index (Phi) is 15.9. The van der Waals surface area contributed by atoms with Gasteiger partial charge in [0.2, 0.25) is 17.7 Å². The molecule has 5 atom stereocenters. The molecule has 71 heavy (non-hydrogen) atoms. The van der Waals surface area contributed by atoms with E-state index >= 15 is 0 Å². The van der Waals surface area contributed by atoms with Gasteiger partial charge in [-0.1, -0.05) is 62.1 Å². The molecule has 4 saturated heterocycles. The van der Waals surface area contributed by atoms with Gasteiger partial charge < -0.3 is 40.2 Å². The van der Waals surface area contributed by atoms with Gasteiger partial charge in [-0.25, -0.2) is 9.97 Å². The zero-order valence-electron chi connectivity index (χ0n) is 41.9. The minimum atomic E-state index is -0.554. The van der Waals surface area contributed by atoms with Crippen LogP contribution < -0.4 is 15.5 Å². The van der Waals surface area contributed by atoms with Gasteiger partial charge in [0.25, 0.3) is 5.91 Å². The van der Waals surface area contributed by atoms with Crippen LogP contribution in [0.2, 0.25) is 5.02 Å². The van der Waals surface area contributed by atoms with Crippen molar-refractivity contribution in [3.05, 3.63) is 87.8 Å². The van der Waals surface area contributed by atoms with Gasteiger partial charge in [0.1, 0.15) is 18.2 Å². The Labute approximate surface area is 425 Å². The third-order valence-corrected chi connectivity index (χ3v) is 17.6. The van der Waals surface area contributed by atoms with E-state index in [1.54, 1.807) is 6.33 Å². The maximum Gasteiger partial charge on any atom is 0.251 e. The highest BCUT2D eigenvalue weighted by atomic mass is 35.5. The summed E-state index contributed by atoms with van der Waals surface area (Å²) in [6, 6.07) is 15.4. The SMILES string of the molecule is C[C@@H]1C[C@@H](O)c2ncnc(N3CCN(C(=O)[C@H](CNC4CCN(CC5CCN(C(=O)[C@H](NC(=O)c6cccc(C7CCCN(C(=O)C8CC8)C7)c6)C6CCCCC6)CC5)CC4)c4ccc(Cl)cc4)CC3)c21. The molecule has 1 aromatic heterocycles. The molecule has 0 spiro atoms. The number of aliphatic hydroxyl groups is 1. The lowest BCUT2D eigenvalue weighted by Gasteiger charge is -2.40. The molecule has 4 amide bonds. The topological polar surface area (TPSA) is 155 Å². The highest BCUT2D eigenvalue weighted by molar-refractivity contribution is 6.30.